The number of carboxylic acid groups (broad SMARTS) is 1. The van der Waals surface area contributed by atoms with Gasteiger partial charge in [-0.2, -0.15) is 13.2 Å². The summed E-state index contributed by atoms with van der Waals surface area (Å²) in [5.41, 5.74) is 1.50. The Hall–Kier alpha value is -3.33. The molecule has 0 spiro atoms. The van der Waals surface area contributed by atoms with Gasteiger partial charge in [-0.15, -0.1) is 0 Å². The van der Waals surface area contributed by atoms with E-state index in [0.29, 0.717) is 24.3 Å². The van der Waals surface area contributed by atoms with Crippen LogP contribution in [0.2, 0.25) is 0 Å². The standard InChI is InChI=1S/C27H29F3N2O4/c28-27(29,30)21-8-4-7-20(15-21)26(18-5-2-1-3-6-18)36-22-9-10-23-19(16-22)12-14-32(23)24(33)17-31-13-11-25(34)35/h1-2,4,7-10,15-16,18,26,31H,3,5-6,11-14,17H2,(H,34,35). The van der Waals surface area contributed by atoms with Gasteiger partial charge in [-0.25, -0.2) is 0 Å². The summed E-state index contributed by atoms with van der Waals surface area (Å²) in [5, 5.41) is 11.6. The first-order chi connectivity index (χ1) is 17.2. The minimum absolute atomic E-state index is 0.0395. The fourth-order valence-electron chi connectivity index (χ4n) is 4.76. The van der Waals surface area contributed by atoms with Crippen LogP contribution in [-0.2, 0) is 22.2 Å². The normalized spacial score (nSPS) is 18.1. The molecule has 1 aliphatic heterocycles. The summed E-state index contributed by atoms with van der Waals surface area (Å²) in [4.78, 5) is 24.9. The highest BCUT2D eigenvalue weighted by Crippen LogP contribution is 2.39. The Labute approximate surface area is 207 Å². The molecule has 4 rings (SSSR count). The first-order valence-corrected chi connectivity index (χ1v) is 12.1. The highest BCUT2D eigenvalue weighted by molar-refractivity contribution is 5.96. The lowest BCUT2D eigenvalue weighted by Crippen LogP contribution is -2.37. The van der Waals surface area contributed by atoms with Crippen LogP contribution in [0.25, 0.3) is 0 Å². The van der Waals surface area contributed by atoms with Gasteiger partial charge in [0.25, 0.3) is 0 Å². The quantitative estimate of drug-likeness (QED) is 0.367. The molecule has 2 aliphatic rings. The molecule has 192 valence electrons. The number of benzene rings is 2. The first kappa shape index (κ1) is 25.8. The molecule has 1 amide bonds. The smallest absolute Gasteiger partial charge is 0.416 e. The molecule has 2 unspecified atom stereocenters. The van der Waals surface area contributed by atoms with Crippen molar-refractivity contribution in [3.8, 4) is 5.75 Å². The number of nitrogens with one attached hydrogen (secondary N) is 1. The third kappa shape index (κ3) is 6.26. The van der Waals surface area contributed by atoms with Gasteiger partial charge in [0.05, 0.1) is 18.5 Å². The fourth-order valence-corrected chi connectivity index (χ4v) is 4.76. The molecule has 6 nitrogen and oxygen atoms in total. The Bertz CT molecular complexity index is 1130. The molecule has 2 aromatic rings. The third-order valence-corrected chi connectivity index (χ3v) is 6.58. The number of alkyl halides is 3. The molecule has 2 N–H and O–H groups in total. The number of hydrogen-bond acceptors (Lipinski definition) is 4. The zero-order chi connectivity index (χ0) is 25.7. The number of carboxylic acids is 1. The van der Waals surface area contributed by atoms with Crippen LogP contribution in [0, 0.1) is 5.92 Å². The van der Waals surface area contributed by atoms with Gasteiger partial charge in [0, 0.05) is 24.7 Å². The van der Waals surface area contributed by atoms with Crippen molar-refractivity contribution in [2.75, 3.05) is 24.5 Å². The molecule has 9 heteroatoms. The molecule has 0 aromatic heterocycles. The summed E-state index contributed by atoms with van der Waals surface area (Å²) in [7, 11) is 0. The molecule has 0 fully saturated rings. The van der Waals surface area contributed by atoms with Crippen LogP contribution in [0.5, 0.6) is 5.75 Å². The number of carbonyl (C=O) groups is 2. The summed E-state index contributed by atoms with van der Waals surface area (Å²) < 4.78 is 46.5. The van der Waals surface area contributed by atoms with E-state index < -0.39 is 23.8 Å². The van der Waals surface area contributed by atoms with Crippen molar-refractivity contribution in [3.05, 3.63) is 71.3 Å². The van der Waals surface area contributed by atoms with Gasteiger partial charge in [0.15, 0.2) is 0 Å². The van der Waals surface area contributed by atoms with Gasteiger partial charge in [0.2, 0.25) is 5.91 Å². The Morgan fingerprint density at radius 3 is 2.72 bits per heavy atom. The fraction of sp³-hybridized carbons (Fsp3) is 0.407. The molecule has 36 heavy (non-hydrogen) atoms. The van der Waals surface area contributed by atoms with E-state index >= 15 is 0 Å². The number of carbonyl (C=O) groups excluding carboxylic acids is 1. The van der Waals surface area contributed by atoms with E-state index in [1.165, 1.54) is 12.1 Å². The Morgan fingerprint density at radius 2 is 2.00 bits per heavy atom. The number of aliphatic carboxylic acids is 1. The molecular weight excluding hydrogens is 473 g/mol. The van der Waals surface area contributed by atoms with Gasteiger partial charge in [-0.05, 0) is 67.1 Å². The second-order valence-corrected chi connectivity index (χ2v) is 9.11. The summed E-state index contributed by atoms with van der Waals surface area (Å²) in [6.07, 6.45) is 2.13. The van der Waals surface area contributed by atoms with E-state index in [-0.39, 0.29) is 31.3 Å². The van der Waals surface area contributed by atoms with Gasteiger partial charge in [-0.1, -0.05) is 24.3 Å². The van der Waals surface area contributed by atoms with Crippen LogP contribution in [-0.4, -0.2) is 36.6 Å². The Morgan fingerprint density at radius 1 is 1.17 bits per heavy atom. The number of amides is 1. The van der Waals surface area contributed by atoms with E-state index in [9.17, 15) is 22.8 Å². The lowest BCUT2D eigenvalue weighted by atomic mass is 9.85. The van der Waals surface area contributed by atoms with Crippen molar-refractivity contribution in [1.29, 1.82) is 0 Å². The zero-order valence-corrected chi connectivity index (χ0v) is 19.8. The zero-order valence-electron chi connectivity index (χ0n) is 19.8. The summed E-state index contributed by atoms with van der Waals surface area (Å²) in [6, 6.07) is 10.8. The second kappa shape index (κ2) is 11.2. The number of rotatable bonds is 9. The molecule has 1 heterocycles. The molecule has 0 saturated carbocycles. The molecule has 0 bridgehead atoms. The van der Waals surface area contributed by atoms with Crippen LogP contribution in [0.3, 0.4) is 0 Å². The summed E-state index contributed by atoms with van der Waals surface area (Å²) in [6.45, 7) is 0.752. The van der Waals surface area contributed by atoms with Crippen molar-refractivity contribution in [2.45, 2.75) is 44.4 Å². The van der Waals surface area contributed by atoms with E-state index in [1.54, 1.807) is 23.1 Å². The maximum atomic E-state index is 13.4. The van der Waals surface area contributed by atoms with E-state index in [4.69, 9.17) is 9.84 Å². The average Bonchev–Trinajstić information content (AvgIpc) is 3.28. The number of allylic oxidation sites excluding steroid dienone is 2. The maximum absolute atomic E-state index is 13.4. The summed E-state index contributed by atoms with van der Waals surface area (Å²) >= 11 is 0. The SMILES string of the molecule is O=C(O)CCNCC(=O)N1CCc2cc(OC(c3cccc(C(F)(F)F)c3)C3CC=CCC3)ccc21. The van der Waals surface area contributed by atoms with E-state index in [0.717, 1.165) is 36.6 Å². The lowest BCUT2D eigenvalue weighted by Gasteiger charge is -2.30. The predicted molar refractivity (Wildman–Crippen MR) is 129 cm³/mol. The predicted octanol–water partition coefficient (Wildman–Crippen LogP) is 5.14. The minimum atomic E-state index is -4.43. The van der Waals surface area contributed by atoms with Gasteiger partial charge < -0.3 is 20.1 Å². The molecule has 2 aromatic carbocycles. The van der Waals surface area contributed by atoms with Crippen molar-refractivity contribution in [3.63, 3.8) is 0 Å². The van der Waals surface area contributed by atoms with Crippen LogP contribution < -0.4 is 15.0 Å². The Balaban J connectivity index is 1.51. The first-order valence-electron chi connectivity index (χ1n) is 12.1. The van der Waals surface area contributed by atoms with Crippen molar-refractivity contribution >= 4 is 17.6 Å². The van der Waals surface area contributed by atoms with E-state index in [2.05, 4.69) is 17.5 Å². The van der Waals surface area contributed by atoms with Crippen LogP contribution in [0.4, 0.5) is 18.9 Å². The third-order valence-electron chi connectivity index (χ3n) is 6.58. The molecular formula is C27H29F3N2O4. The molecule has 0 saturated heterocycles. The topological polar surface area (TPSA) is 78.9 Å². The highest BCUT2D eigenvalue weighted by Gasteiger charge is 2.33. The van der Waals surface area contributed by atoms with Gasteiger partial charge >= 0.3 is 12.1 Å². The van der Waals surface area contributed by atoms with Crippen LogP contribution >= 0.6 is 0 Å². The van der Waals surface area contributed by atoms with Gasteiger partial charge in [0.1, 0.15) is 11.9 Å². The van der Waals surface area contributed by atoms with E-state index in [1.807, 2.05) is 6.07 Å². The number of ether oxygens (including phenoxy) is 1. The summed E-state index contributed by atoms with van der Waals surface area (Å²) in [5.74, 6) is -0.480. The number of anilines is 1. The number of nitrogens with zero attached hydrogens (tertiary/aromatic N) is 1. The van der Waals surface area contributed by atoms with Crippen LogP contribution in [0.15, 0.2) is 54.6 Å². The number of fused-ring (bicyclic) bond motifs is 1. The maximum Gasteiger partial charge on any atom is 0.416 e. The minimum Gasteiger partial charge on any atom is -0.485 e. The number of hydrogen-bond donors (Lipinski definition) is 2. The lowest BCUT2D eigenvalue weighted by molar-refractivity contribution is -0.138. The van der Waals surface area contributed by atoms with Crippen LogP contribution in [0.1, 0.15) is 48.5 Å². The number of halogens is 3. The molecule has 2 atom stereocenters. The molecule has 1 aliphatic carbocycles. The second-order valence-electron chi connectivity index (χ2n) is 9.11. The van der Waals surface area contributed by atoms with Crippen molar-refractivity contribution in [2.24, 2.45) is 5.92 Å². The average molecular weight is 503 g/mol. The van der Waals surface area contributed by atoms with Crippen molar-refractivity contribution in [1.82, 2.24) is 5.32 Å². The van der Waals surface area contributed by atoms with Gasteiger partial charge in [-0.3, -0.25) is 9.59 Å². The monoisotopic (exact) mass is 502 g/mol. The largest absolute Gasteiger partial charge is 0.485 e. The Kier molecular flexibility index (Phi) is 7.98. The highest BCUT2D eigenvalue weighted by atomic mass is 19.4. The van der Waals surface area contributed by atoms with Crippen molar-refractivity contribution < 1.29 is 32.6 Å². The molecule has 0 radical (unpaired) electrons.